The molecule has 41 heavy (non-hydrogen) atoms. The Morgan fingerprint density at radius 3 is 2.44 bits per heavy atom. The summed E-state index contributed by atoms with van der Waals surface area (Å²) in [6.45, 7) is 26.2. The quantitative estimate of drug-likeness (QED) is 0.365. The lowest BCUT2D eigenvalue weighted by Crippen LogP contribution is -2.45. The minimum atomic E-state index is -1.23. The second-order valence-corrected chi connectivity index (χ2v) is 13.5. The molecule has 4 rings (SSSR count). The van der Waals surface area contributed by atoms with Gasteiger partial charge in [-0.1, -0.05) is 33.8 Å². The number of carboxylic acids is 1. The van der Waals surface area contributed by atoms with Gasteiger partial charge in [-0.15, -0.1) is 0 Å². The number of ether oxygens (including phenoxy) is 2. The van der Waals surface area contributed by atoms with Gasteiger partial charge in [0.2, 0.25) is 0 Å². The van der Waals surface area contributed by atoms with Crippen molar-refractivity contribution in [1.82, 2.24) is 4.90 Å². The number of fused-ring (bicyclic) bond motifs is 2. The molecule has 1 unspecified atom stereocenters. The lowest BCUT2D eigenvalue weighted by molar-refractivity contribution is -0.160. The molecule has 0 saturated carbocycles. The topological polar surface area (TPSA) is 59.0 Å². The second kappa shape index (κ2) is 11.1. The van der Waals surface area contributed by atoms with Crippen molar-refractivity contribution in [2.45, 2.75) is 125 Å². The Bertz CT molecular complexity index is 1380. The van der Waals surface area contributed by atoms with E-state index in [2.05, 4.69) is 46.1 Å². The number of halogens is 1. The molecule has 0 fully saturated rings. The van der Waals surface area contributed by atoms with Crippen molar-refractivity contribution in [3.8, 4) is 16.9 Å². The van der Waals surface area contributed by atoms with Gasteiger partial charge in [0.25, 0.3) is 0 Å². The first kappa shape index (κ1) is 31.1. The average Bonchev–Trinajstić information content (AvgIpc) is 2.88. The number of carboxylic acid groups (broad SMARTS) is 1. The highest BCUT2D eigenvalue weighted by atomic mass is 19.1. The van der Waals surface area contributed by atoms with Gasteiger partial charge in [-0.25, -0.2) is 9.18 Å². The zero-order valence-electron chi connectivity index (χ0n) is 26.7. The van der Waals surface area contributed by atoms with Gasteiger partial charge in [-0.3, -0.25) is 0 Å². The van der Waals surface area contributed by atoms with Gasteiger partial charge in [0.05, 0.1) is 12.2 Å². The van der Waals surface area contributed by atoms with E-state index in [1.165, 1.54) is 6.07 Å². The van der Waals surface area contributed by atoms with Gasteiger partial charge in [0.1, 0.15) is 0 Å². The predicted molar refractivity (Wildman–Crippen MR) is 163 cm³/mol. The summed E-state index contributed by atoms with van der Waals surface area (Å²) >= 11 is 0. The van der Waals surface area contributed by atoms with Crippen LogP contribution in [0.5, 0.6) is 5.75 Å². The second-order valence-electron chi connectivity index (χ2n) is 13.5. The monoisotopic (exact) mass is 565 g/mol. The molecule has 2 aliphatic rings. The minimum Gasteiger partial charge on any atom is -0.490 e. The lowest BCUT2D eigenvalue weighted by atomic mass is 9.68. The van der Waals surface area contributed by atoms with Crippen molar-refractivity contribution in [1.29, 1.82) is 0 Å². The highest BCUT2D eigenvalue weighted by molar-refractivity contribution is 5.86. The van der Waals surface area contributed by atoms with Gasteiger partial charge >= 0.3 is 5.97 Å². The van der Waals surface area contributed by atoms with Crippen LogP contribution in [0.2, 0.25) is 0 Å². The molecule has 0 amide bonds. The first-order valence-corrected chi connectivity index (χ1v) is 15.0. The van der Waals surface area contributed by atoms with Crippen molar-refractivity contribution in [3.05, 3.63) is 63.1 Å². The summed E-state index contributed by atoms with van der Waals surface area (Å²) in [5.74, 6) is -1.14. The fourth-order valence-electron chi connectivity index (χ4n) is 7.08. The molecule has 2 heterocycles. The highest BCUT2D eigenvalue weighted by Gasteiger charge is 2.43. The number of nitrogens with zero attached hydrogens (tertiary/aromatic N) is 1. The number of allylic oxidation sites excluding steroid dienone is 1. The van der Waals surface area contributed by atoms with E-state index < -0.39 is 28.9 Å². The fraction of sp³-hybridized carbons (Fsp3) is 0.571. The molecule has 0 radical (unpaired) electrons. The molecule has 2 aromatic rings. The van der Waals surface area contributed by atoms with Crippen LogP contribution in [0.1, 0.15) is 113 Å². The smallest absolute Gasteiger partial charge is 0.337 e. The van der Waals surface area contributed by atoms with Crippen LogP contribution in [-0.4, -0.2) is 34.2 Å². The van der Waals surface area contributed by atoms with Crippen LogP contribution in [-0.2, 0) is 27.9 Å². The maximum absolute atomic E-state index is 15.7. The van der Waals surface area contributed by atoms with E-state index >= 15 is 4.39 Å². The number of benzene rings is 2. The highest BCUT2D eigenvalue weighted by Crippen LogP contribution is 2.51. The van der Waals surface area contributed by atoms with Gasteiger partial charge < -0.3 is 19.5 Å². The van der Waals surface area contributed by atoms with E-state index in [1.54, 1.807) is 0 Å². The van der Waals surface area contributed by atoms with Crippen molar-refractivity contribution in [2.24, 2.45) is 0 Å². The molecule has 0 aromatic heterocycles. The maximum atomic E-state index is 15.7. The molecule has 0 bridgehead atoms. The molecule has 2 atom stereocenters. The number of carbonyl (C=O) groups is 1. The van der Waals surface area contributed by atoms with E-state index in [-0.39, 0.29) is 0 Å². The summed E-state index contributed by atoms with van der Waals surface area (Å²) in [6.07, 6.45) is 2.42. The van der Waals surface area contributed by atoms with Crippen molar-refractivity contribution in [2.75, 3.05) is 6.61 Å². The van der Waals surface area contributed by atoms with Crippen molar-refractivity contribution < 1.29 is 23.8 Å². The van der Waals surface area contributed by atoms with Crippen molar-refractivity contribution in [3.63, 3.8) is 0 Å². The number of hydrogen-bond donors (Lipinski definition) is 1. The van der Waals surface area contributed by atoms with Crippen LogP contribution in [0.4, 0.5) is 4.39 Å². The predicted octanol–water partition coefficient (Wildman–Crippen LogP) is 8.48. The Kier molecular flexibility index (Phi) is 8.41. The van der Waals surface area contributed by atoms with Crippen LogP contribution in [0, 0.1) is 26.6 Å². The molecular weight excluding hydrogens is 517 g/mol. The summed E-state index contributed by atoms with van der Waals surface area (Å²) in [4.78, 5) is 15.4. The summed E-state index contributed by atoms with van der Waals surface area (Å²) in [6, 6.07) is 1.84. The Morgan fingerprint density at radius 2 is 1.85 bits per heavy atom. The molecule has 5 nitrogen and oxygen atoms in total. The molecule has 1 N–H and O–H groups in total. The SMILES string of the molecule is C=C1N(C(C)CCC)Cc2c(C)c(-c3cc(F)c4c(c3C)CCCO4)c([C@H](OC(C)(C)C)C(=O)O)c(C)c2C1(C)C. The van der Waals surface area contributed by atoms with Gasteiger partial charge in [-0.05, 0) is 113 Å². The zero-order chi connectivity index (χ0) is 30.6. The van der Waals surface area contributed by atoms with Crippen LogP contribution in [0.25, 0.3) is 11.1 Å². The summed E-state index contributed by atoms with van der Waals surface area (Å²) < 4.78 is 27.7. The molecular formula is C35H48FNO4. The van der Waals surface area contributed by atoms with E-state index in [9.17, 15) is 9.90 Å². The lowest BCUT2D eigenvalue weighted by Gasteiger charge is -2.48. The summed E-state index contributed by atoms with van der Waals surface area (Å²) in [5.41, 5.74) is 7.84. The van der Waals surface area contributed by atoms with E-state index in [1.807, 2.05) is 34.6 Å². The number of rotatable bonds is 7. The molecule has 0 aliphatic carbocycles. The summed E-state index contributed by atoms with van der Waals surface area (Å²) in [5, 5.41) is 10.6. The summed E-state index contributed by atoms with van der Waals surface area (Å²) in [7, 11) is 0. The standard InChI is InChI=1S/C35H48FNO4/c1-12-14-19(2)37-18-26-21(4)28(25-17-27(36)31-24(20(25)3)15-13-16-40-31)29(32(33(38)39)41-34(7,8)9)22(5)30(26)35(10,11)23(37)6/h17,19,32H,6,12-16,18H2,1-5,7-11H3,(H,38,39)/t19?,32-/m0/s1. The van der Waals surface area contributed by atoms with E-state index in [0.29, 0.717) is 36.1 Å². The Balaban J connectivity index is 2.13. The third-order valence-corrected chi connectivity index (χ3v) is 9.10. The molecule has 0 spiro atoms. The normalized spacial score (nSPS) is 17.9. The molecule has 6 heteroatoms. The van der Waals surface area contributed by atoms with E-state index in [0.717, 1.165) is 70.3 Å². The van der Waals surface area contributed by atoms with Gasteiger partial charge in [0, 0.05) is 34.8 Å². The van der Waals surface area contributed by atoms with Gasteiger partial charge in [0.15, 0.2) is 17.7 Å². The van der Waals surface area contributed by atoms with Crippen LogP contribution >= 0.6 is 0 Å². The molecule has 2 aliphatic heterocycles. The first-order chi connectivity index (χ1) is 19.0. The number of hydrogen-bond acceptors (Lipinski definition) is 4. The zero-order valence-corrected chi connectivity index (χ0v) is 26.7. The Hall–Kier alpha value is -2.86. The number of aliphatic carboxylic acids is 1. The van der Waals surface area contributed by atoms with Crippen molar-refractivity contribution >= 4 is 5.97 Å². The minimum absolute atomic E-state index is 0.304. The van der Waals surface area contributed by atoms with Crippen LogP contribution in [0.3, 0.4) is 0 Å². The molecule has 2 aromatic carbocycles. The largest absolute Gasteiger partial charge is 0.490 e. The Morgan fingerprint density at radius 1 is 1.20 bits per heavy atom. The van der Waals surface area contributed by atoms with Gasteiger partial charge in [-0.2, -0.15) is 0 Å². The molecule has 0 saturated heterocycles. The third-order valence-electron chi connectivity index (χ3n) is 9.10. The van der Waals surface area contributed by atoms with E-state index in [4.69, 9.17) is 9.47 Å². The van der Waals surface area contributed by atoms with Crippen LogP contribution < -0.4 is 4.74 Å². The maximum Gasteiger partial charge on any atom is 0.337 e. The third kappa shape index (κ3) is 5.40. The first-order valence-electron chi connectivity index (χ1n) is 15.0. The molecule has 224 valence electrons. The van der Waals surface area contributed by atoms with Crippen LogP contribution in [0.15, 0.2) is 18.3 Å². The Labute approximate surface area is 245 Å². The average molecular weight is 566 g/mol. The fourth-order valence-corrected chi connectivity index (χ4v) is 7.08.